The molecule has 4 N–H and O–H groups in total. The molecule has 0 aliphatic carbocycles. The highest BCUT2D eigenvalue weighted by Gasteiger charge is 2.21. The average molecular weight is 321 g/mol. The first-order valence-corrected chi connectivity index (χ1v) is 8.62. The molecule has 1 heterocycles. The molecule has 6 heteroatoms. The van der Waals surface area contributed by atoms with Crippen molar-refractivity contribution in [2.24, 2.45) is 0 Å². The van der Waals surface area contributed by atoms with Gasteiger partial charge in [-0.1, -0.05) is 30.3 Å². The Morgan fingerprint density at radius 2 is 2.00 bits per heavy atom. The summed E-state index contributed by atoms with van der Waals surface area (Å²) in [4.78, 5) is 13.3. The van der Waals surface area contributed by atoms with Crippen molar-refractivity contribution >= 4 is 39.7 Å². The van der Waals surface area contributed by atoms with Crippen LogP contribution < -0.4 is 16.4 Å². The smallest absolute Gasteiger partial charge is 0.263 e. The number of nitrogen functional groups attached to an aromatic ring is 1. The average Bonchev–Trinajstić information content (AvgIpc) is 2.83. The van der Waals surface area contributed by atoms with E-state index >= 15 is 0 Å². The van der Waals surface area contributed by atoms with E-state index in [1.807, 2.05) is 24.5 Å². The van der Waals surface area contributed by atoms with Gasteiger partial charge in [0.1, 0.15) is 9.88 Å². The molecule has 0 fully saturated rings. The predicted octanol–water partition coefficient (Wildman–Crippen LogP) is 3.58. The molecule has 1 atom stereocenters. The zero-order chi connectivity index (χ0) is 15.4. The number of anilines is 2. The van der Waals surface area contributed by atoms with E-state index in [9.17, 15) is 4.79 Å². The van der Waals surface area contributed by atoms with Gasteiger partial charge in [-0.05, 0) is 18.7 Å². The molecular weight excluding hydrogens is 302 g/mol. The zero-order valence-corrected chi connectivity index (χ0v) is 13.9. The largest absolute Gasteiger partial charge is 0.396 e. The van der Waals surface area contributed by atoms with Crippen LogP contribution in [-0.2, 0) is 0 Å². The van der Waals surface area contributed by atoms with Gasteiger partial charge in [0, 0.05) is 13.1 Å². The molecule has 2 rings (SSSR count). The third kappa shape index (κ3) is 3.33. The molecule has 0 saturated heterocycles. The van der Waals surface area contributed by atoms with Crippen LogP contribution in [0.25, 0.3) is 0 Å². The van der Waals surface area contributed by atoms with Gasteiger partial charge in [0.15, 0.2) is 0 Å². The van der Waals surface area contributed by atoms with E-state index in [-0.39, 0.29) is 11.9 Å². The summed E-state index contributed by atoms with van der Waals surface area (Å²) in [7, 11) is 1.61. The quantitative estimate of drug-likeness (QED) is 0.736. The lowest BCUT2D eigenvalue weighted by molar-refractivity contribution is 0.0968. The van der Waals surface area contributed by atoms with Crippen LogP contribution in [-0.4, -0.2) is 19.2 Å². The van der Waals surface area contributed by atoms with Gasteiger partial charge < -0.3 is 16.4 Å². The molecule has 0 saturated carbocycles. The Morgan fingerprint density at radius 1 is 1.33 bits per heavy atom. The van der Waals surface area contributed by atoms with Crippen molar-refractivity contribution < 1.29 is 4.79 Å². The first-order chi connectivity index (χ1) is 10.1. The molecule has 1 unspecified atom stereocenters. The summed E-state index contributed by atoms with van der Waals surface area (Å²) in [6.07, 6.45) is 1.96. The van der Waals surface area contributed by atoms with Crippen LogP contribution in [0.2, 0.25) is 0 Å². The maximum absolute atomic E-state index is 11.9. The summed E-state index contributed by atoms with van der Waals surface area (Å²) in [6.45, 7) is 2.09. The molecule has 0 radical (unpaired) electrons. The fourth-order valence-corrected chi connectivity index (χ4v) is 4.09. The number of amides is 1. The van der Waals surface area contributed by atoms with E-state index in [4.69, 9.17) is 5.73 Å². The highest BCUT2D eigenvalue weighted by atomic mass is 32.2. The molecule has 1 aromatic carbocycles. The highest BCUT2D eigenvalue weighted by Crippen LogP contribution is 2.42. The van der Waals surface area contributed by atoms with Gasteiger partial charge in [-0.25, -0.2) is 0 Å². The summed E-state index contributed by atoms with van der Waals surface area (Å²) in [6, 6.07) is 10.3. The van der Waals surface area contributed by atoms with Crippen molar-refractivity contribution in [1.82, 2.24) is 5.32 Å². The number of benzene rings is 1. The second-order valence-electron chi connectivity index (χ2n) is 4.56. The second-order valence-corrected chi connectivity index (χ2v) is 6.40. The minimum atomic E-state index is -0.145. The van der Waals surface area contributed by atoms with Gasteiger partial charge in [0.25, 0.3) is 5.91 Å². The van der Waals surface area contributed by atoms with E-state index in [0.29, 0.717) is 10.6 Å². The Kier molecular flexibility index (Phi) is 5.14. The number of hydrogen-bond donors (Lipinski definition) is 3. The number of nitrogens with one attached hydrogen (secondary N) is 2. The maximum atomic E-state index is 11.9. The van der Waals surface area contributed by atoms with Crippen molar-refractivity contribution in [3.63, 3.8) is 0 Å². The van der Waals surface area contributed by atoms with Crippen LogP contribution in [0.15, 0.2) is 35.2 Å². The van der Waals surface area contributed by atoms with Gasteiger partial charge in [-0.3, -0.25) is 4.79 Å². The predicted molar refractivity (Wildman–Crippen MR) is 92.4 cm³/mol. The Labute approximate surface area is 133 Å². The van der Waals surface area contributed by atoms with Crippen LogP contribution in [0.5, 0.6) is 0 Å². The Hall–Kier alpha value is -1.66. The lowest BCUT2D eigenvalue weighted by atomic mass is 10.1. The third-order valence-corrected chi connectivity index (χ3v) is 5.28. The standard InChI is InChI=1S/C15H19N3OS2/c1-9(10-7-5-4-6-8-10)18-15-13(20-3)11(16)12(21-15)14(19)17-2/h4-9,18H,16H2,1-3H3,(H,17,19). The molecule has 2 aromatic rings. The Balaban J connectivity index is 2.29. The lowest BCUT2D eigenvalue weighted by Gasteiger charge is -2.15. The van der Waals surface area contributed by atoms with E-state index in [2.05, 4.69) is 29.7 Å². The first-order valence-electron chi connectivity index (χ1n) is 6.58. The number of hydrogen-bond acceptors (Lipinski definition) is 5. The van der Waals surface area contributed by atoms with Gasteiger partial charge in [0.2, 0.25) is 0 Å². The number of thioether (sulfide) groups is 1. The van der Waals surface area contributed by atoms with Crippen molar-refractivity contribution in [3.8, 4) is 0 Å². The Bertz CT molecular complexity index is 625. The topological polar surface area (TPSA) is 67.2 Å². The van der Waals surface area contributed by atoms with E-state index < -0.39 is 0 Å². The summed E-state index contributed by atoms with van der Waals surface area (Å²) in [5, 5.41) is 7.02. The molecule has 0 aliphatic rings. The Morgan fingerprint density at radius 3 is 2.57 bits per heavy atom. The van der Waals surface area contributed by atoms with Gasteiger partial charge in [-0.2, -0.15) is 0 Å². The minimum Gasteiger partial charge on any atom is -0.396 e. The highest BCUT2D eigenvalue weighted by molar-refractivity contribution is 7.99. The SMILES string of the molecule is CNC(=O)c1sc(NC(C)c2ccccc2)c(SC)c1N. The zero-order valence-electron chi connectivity index (χ0n) is 12.3. The number of nitrogens with two attached hydrogens (primary N) is 1. The molecule has 1 aromatic heterocycles. The van der Waals surface area contributed by atoms with Crippen molar-refractivity contribution in [2.45, 2.75) is 17.9 Å². The van der Waals surface area contributed by atoms with Crippen LogP contribution in [0.4, 0.5) is 10.7 Å². The van der Waals surface area contributed by atoms with Crippen LogP contribution in [0, 0.1) is 0 Å². The van der Waals surface area contributed by atoms with E-state index in [1.54, 1.807) is 18.8 Å². The van der Waals surface area contributed by atoms with Crippen molar-refractivity contribution in [2.75, 3.05) is 24.4 Å². The third-order valence-electron chi connectivity index (χ3n) is 3.18. The molecule has 0 bridgehead atoms. The summed E-state index contributed by atoms with van der Waals surface area (Å²) in [5.41, 5.74) is 7.84. The van der Waals surface area contributed by atoms with Crippen LogP contribution >= 0.6 is 23.1 Å². The number of carbonyl (C=O) groups is 1. The van der Waals surface area contributed by atoms with Gasteiger partial charge in [-0.15, -0.1) is 23.1 Å². The van der Waals surface area contributed by atoms with Crippen molar-refractivity contribution in [3.05, 3.63) is 40.8 Å². The normalized spacial score (nSPS) is 12.0. The maximum Gasteiger partial charge on any atom is 0.263 e. The number of rotatable bonds is 5. The molecule has 4 nitrogen and oxygen atoms in total. The molecule has 1 amide bonds. The lowest BCUT2D eigenvalue weighted by Crippen LogP contribution is -2.17. The molecule has 0 aliphatic heterocycles. The molecule has 112 valence electrons. The first kappa shape index (κ1) is 15.7. The van der Waals surface area contributed by atoms with Gasteiger partial charge in [0.05, 0.1) is 10.6 Å². The summed E-state index contributed by atoms with van der Waals surface area (Å²) < 4.78 is 0. The van der Waals surface area contributed by atoms with Crippen LogP contribution in [0.3, 0.4) is 0 Å². The monoisotopic (exact) mass is 321 g/mol. The molecule has 0 spiro atoms. The van der Waals surface area contributed by atoms with Crippen LogP contribution in [0.1, 0.15) is 28.2 Å². The minimum absolute atomic E-state index is 0.145. The fourth-order valence-electron chi connectivity index (χ4n) is 2.03. The van der Waals surface area contributed by atoms with Gasteiger partial charge >= 0.3 is 0 Å². The molecule has 21 heavy (non-hydrogen) atoms. The molecular formula is C15H19N3OS2. The number of carbonyl (C=O) groups excluding carboxylic acids is 1. The number of thiophene rings is 1. The van der Waals surface area contributed by atoms with Crippen molar-refractivity contribution in [1.29, 1.82) is 0 Å². The summed E-state index contributed by atoms with van der Waals surface area (Å²) in [5.74, 6) is -0.145. The summed E-state index contributed by atoms with van der Waals surface area (Å²) >= 11 is 2.95. The van der Waals surface area contributed by atoms with E-state index in [0.717, 1.165) is 9.90 Å². The second kappa shape index (κ2) is 6.87. The van der Waals surface area contributed by atoms with E-state index in [1.165, 1.54) is 16.9 Å². The fraction of sp³-hybridized carbons (Fsp3) is 0.267.